The van der Waals surface area contributed by atoms with E-state index in [4.69, 9.17) is 5.10 Å². The first kappa shape index (κ1) is 27.2. The molecule has 1 aliphatic rings. The van der Waals surface area contributed by atoms with Crippen LogP contribution < -0.4 is 0 Å². The number of hydrogen-bond acceptors (Lipinski definition) is 3. The van der Waals surface area contributed by atoms with Crippen molar-refractivity contribution < 1.29 is 0 Å². The Morgan fingerprint density at radius 2 is 1.35 bits per heavy atom. The molecule has 4 heteroatoms. The molecular formula is C42H29N3Se. The van der Waals surface area contributed by atoms with Crippen LogP contribution in [0.15, 0.2) is 128 Å². The van der Waals surface area contributed by atoms with Crippen LogP contribution in [0.5, 0.6) is 0 Å². The van der Waals surface area contributed by atoms with E-state index in [1.165, 1.54) is 86.1 Å². The van der Waals surface area contributed by atoms with Gasteiger partial charge in [-0.15, -0.1) is 0 Å². The second kappa shape index (κ2) is 10.7. The van der Waals surface area contributed by atoms with Crippen molar-refractivity contribution in [3.63, 3.8) is 0 Å². The zero-order chi connectivity index (χ0) is 30.8. The van der Waals surface area contributed by atoms with Crippen molar-refractivity contribution >= 4 is 33.8 Å². The second-order valence-electron chi connectivity index (χ2n) is 12.1. The summed E-state index contributed by atoms with van der Waals surface area (Å²) in [5, 5.41) is 15.7. The van der Waals surface area contributed by atoms with E-state index in [-0.39, 0.29) is 14.5 Å². The van der Waals surface area contributed by atoms with E-state index in [1.807, 2.05) is 6.07 Å². The molecule has 8 aromatic rings. The first-order valence-corrected chi connectivity index (χ1v) is 17.4. The Labute approximate surface area is 274 Å². The Balaban J connectivity index is 1.47. The third-order valence-electron chi connectivity index (χ3n) is 9.62. The number of aryl methyl sites for hydroxylation is 1. The average Bonchev–Trinajstić information content (AvgIpc) is 3.67. The Bertz CT molecular complexity index is 2460. The van der Waals surface area contributed by atoms with E-state index in [0.29, 0.717) is 0 Å². The maximum atomic E-state index is 4.72. The van der Waals surface area contributed by atoms with Crippen LogP contribution in [0.25, 0.3) is 75.1 Å². The molecule has 0 saturated heterocycles. The summed E-state index contributed by atoms with van der Waals surface area (Å²) < 4.78 is 2.86. The minimum atomic E-state index is 0.269. The van der Waals surface area contributed by atoms with Crippen molar-refractivity contribution in [2.45, 2.75) is 20.3 Å². The van der Waals surface area contributed by atoms with Gasteiger partial charge in [0, 0.05) is 0 Å². The average molecular weight is 655 g/mol. The molecular weight excluding hydrogens is 625 g/mol. The van der Waals surface area contributed by atoms with Gasteiger partial charge in [-0.05, 0) is 0 Å². The SMILES string of the molecule is Cc1cc2c(c(-c3c(-c4ccccc4)ccc(-c4cccc5[se]c6ccccc6c45)c3-c3ccnnn3)c1C)Cc1ccccc1-2. The summed E-state index contributed by atoms with van der Waals surface area (Å²) in [6.45, 7) is 4.54. The van der Waals surface area contributed by atoms with Gasteiger partial charge in [0.25, 0.3) is 0 Å². The van der Waals surface area contributed by atoms with Gasteiger partial charge in [0.2, 0.25) is 0 Å². The van der Waals surface area contributed by atoms with Crippen molar-refractivity contribution in [3.8, 4) is 55.8 Å². The molecule has 218 valence electrons. The van der Waals surface area contributed by atoms with Crippen LogP contribution in [0.2, 0.25) is 0 Å². The molecule has 1 aliphatic carbocycles. The van der Waals surface area contributed by atoms with Crippen molar-refractivity contribution in [1.29, 1.82) is 0 Å². The van der Waals surface area contributed by atoms with E-state index in [1.54, 1.807) is 6.20 Å². The van der Waals surface area contributed by atoms with Crippen LogP contribution in [0.4, 0.5) is 0 Å². The van der Waals surface area contributed by atoms with Gasteiger partial charge in [-0.1, -0.05) is 0 Å². The van der Waals surface area contributed by atoms with Crippen LogP contribution in [0, 0.1) is 13.8 Å². The van der Waals surface area contributed by atoms with Gasteiger partial charge >= 0.3 is 275 Å². The fourth-order valence-electron chi connectivity index (χ4n) is 7.44. The fraction of sp³-hybridized carbons (Fsp3) is 0.0714. The molecule has 0 atom stereocenters. The van der Waals surface area contributed by atoms with Gasteiger partial charge in [0.15, 0.2) is 0 Å². The van der Waals surface area contributed by atoms with Crippen molar-refractivity contribution in [3.05, 3.63) is 150 Å². The van der Waals surface area contributed by atoms with Crippen LogP contribution in [0.3, 0.4) is 0 Å². The Hall–Kier alpha value is -5.15. The molecule has 0 spiro atoms. The summed E-state index contributed by atoms with van der Waals surface area (Å²) in [5.74, 6) is 0. The maximum absolute atomic E-state index is 4.72. The third kappa shape index (κ3) is 4.15. The van der Waals surface area contributed by atoms with Gasteiger partial charge < -0.3 is 0 Å². The van der Waals surface area contributed by atoms with Crippen LogP contribution >= 0.6 is 0 Å². The zero-order valence-corrected chi connectivity index (χ0v) is 27.3. The number of fused-ring (bicyclic) bond motifs is 6. The molecule has 0 unspecified atom stereocenters. The Morgan fingerprint density at radius 3 is 2.22 bits per heavy atom. The van der Waals surface area contributed by atoms with Crippen molar-refractivity contribution in [2.24, 2.45) is 0 Å². The summed E-state index contributed by atoms with van der Waals surface area (Å²) in [5.41, 5.74) is 17.3. The van der Waals surface area contributed by atoms with E-state index in [2.05, 4.69) is 139 Å². The predicted octanol–water partition coefficient (Wildman–Crippen LogP) is 10.1. The molecule has 0 saturated carbocycles. The number of aromatic nitrogens is 3. The van der Waals surface area contributed by atoms with Gasteiger partial charge in [-0.25, -0.2) is 0 Å². The summed E-state index contributed by atoms with van der Waals surface area (Å²) in [6.07, 6.45) is 2.67. The van der Waals surface area contributed by atoms with E-state index < -0.39 is 0 Å². The summed E-state index contributed by atoms with van der Waals surface area (Å²) >= 11 is 0.269. The fourth-order valence-corrected chi connectivity index (χ4v) is 9.82. The molecule has 3 nitrogen and oxygen atoms in total. The first-order chi connectivity index (χ1) is 22.7. The summed E-state index contributed by atoms with van der Waals surface area (Å²) in [7, 11) is 0. The predicted molar refractivity (Wildman–Crippen MR) is 191 cm³/mol. The number of hydrogen-bond donors (Lipinski definition) is 0. The topological polar surface area (TPSA) is 38.7 Å². The standard InChI is InChI=1S/C42H29N3Se/c1-25-23-34-29-14-7-6-13-28(29)24-35(34)39(26(25)2)42-30(27-11-4-3-5-12-27)19-20-32(41(42)36-21-22-43-45-44-36)31-16-10-18-38-40(31)33-15-8-9-17-37(33)46-38/h3-23H,24H2,1-2H3. The first-order valence-electron chi connectivity index (χ1n) is 15.7. The summed E-state index contributed by atoms with van der Waals surface area (Å²) in [6, 6.07) is 44.4. The van der Waals surface area contributed by atoms with Gasteiger partial charge in [-0.3, -0.25) is 0 Å². The Kier molecular flexibility index (Phi) is 6.34. The zero-order valence-electron chi connectivity index (χ0n) is 25.6. The minimum absolute atomic E-state index is 0.269. The quantitative estimate of drug-likeness (QED) is 0.177. The molecule has 46 heavy (non-hydrogen) atoms. The molecule has 2 heterocycles. The molecule has 0 aliphatic heterocycles. The van der Waals surface area contributed by atoms with Gasteiger partial charge in [0.1, 0.15) is 0 Å². The molecule has 0 N–H and O–H groups in total. The van der Waals surface area contributed by atoms with Crippen LogP contribution in [-0.2, 0) is 6.42 Å². The molecule has 0 bridgehead atoms. The monoisotopic (exact) mass is 655 g/mol. The number of rotatable bonds is 4. The van der Waals surface area contributed by atoms with Crippen molar-refractivity contribution in [2.75, 3.05) is 0 Å². The molecule has 0 amide bonds. The number of nitrogens with zero attached hydrogens (tertiary/aromatic N) is 3. The van der Waals surface area contributed by atoms with E-state index >= 15 is 0 Å². The molecule has 6 aromatic carbocycles. The Morgan fingerprint density at radius 1 is 0.587 bits per heavy atom. The van der Waals surface area contributed by atoms with Gasteiger partial charge in [0.05, 0.1) is 0 Å². The van der Waals surface area contributed by atoms with Crippen LogP contribution in [-0.4, -0.2) is 29.9 Å². The number of benzene rings is 6. The molecule has 0 radical (unpaired) electrons. The molecule has 2 aromatic heterocycles. The van der Waals surface area contributed by atoms with E-state index in [9.17, 15) is 0 Å². The van der Waals surface area contributed by atoms with Crippen molar-refractivity contribution in [1.82, 2.24) is 15.4 Å². The molecule has 9 rings (SSSR count). The van der Waals surface area contributed by atoms with Crippen LogP contribution in [0.1, 0.15) is 22.3 Å². The second-order valence-corrected chi connectivity index (χ2v) is 14.4. The van der Waals surface area contributed by atoms with E-state index in [0.717, 1.165) is 17.7 Å². The third-order valence-corrected chi connectivity index (χ3v) is 12.0. The molecule has 0 fully saturated rings. The normalized spacial score (nSPS) is 12.0. The van der Waals surface area contributed by atoms with Gasteiger partial charge in [-0.2, -0.15) is 0 Å². The summed E-state index contributed by atoms with van der Waals surface area (Å²) in [4.78, 5) is 0.